The molecule has 0 fully saturated rings. The topological polar surface area (TPSA) is 55.1 Å². The summed E-state index contributed by atoms with van der Waals surface area (Å²) in [4.78, 5) is 12.1. The predicted octanol–water partition coefficient (Wildman–Crippen LogP) is 4.27. The average molecular weight is 374 g/mol. The zero-order valence-corrected chi connectivity index (χ0v) is 13.4. The second-order valence-corrected chi connectivity index (χ2v) is 5.87. The number of carbonyl (C=O) groups excluding carboxylic acids is 1. The zero-order chi connectivity index (χ0) is 14.7. The van der Waals surface area contributed by atoms with E-state index in [4.69, 9.17) is 28.9 Å². The molecule has 20 heavy (non-hydrogen) atoms. The van der Waals surface area contributed by atoms with Crippen LogP contribution in [0.25, 0.3) is 0 Å². The third kappa shape index (κ3) is 3.66. The Labute approximate surface area is 135 Å². The molecule has 0 saturated carbocycles. The number of halogens is 3. The fourth-order valence-corrected chi connectivity index (χ4v) is 2.34. The van der Waals surface area contributed by atoms with E-state index in [2.05, 4.69) is 21.2 Å². The first-order valence-corrected chi connectivity index (χ1v) is 7.29. The maximum atomic E-state index is 12.1. The van der Waals surface area contributed by atoms with Gasteiger partial charge in [-0.25, -0.2) is 0 Å². The molecule has 0 aromatic heterocycles. The first-order chi connectivity index (χ1) is 9.47. The Balaban J connectivity index is 2.11. The van der Waals surface area contributed by atoms with E-state index in [0.29, 0.717) is 12.2 Å². The molecule has 3 nitrogen and oxygen atoms in total. The van der Waals surface area contributed by atoms with Crippen molar-refractivity contribution in [2.75, 3.05) is 5.73 Å². The van der Waals surface area contributed by atoms with Crippen LogP contribution in [0.3, 0.4) is 0 Å². The van der Waals surface area contributed by atoms with Crippen LogP contribution in [0.5, 0.6) is 0 Å². The first kappa shape index (κ1) is 15.2. The molecule has 0 atom stereocenters. The molecule has 0 saturated heterocycles. The number of nitrogen functional groups attached to an aromatic ring is 1. The van der Waals surface area contributed by atoms with Gasteiger partial charge in [0.1, 0.15) is 0 Å². The van der Waals surface area contributed by atoms with Gasteiger partial charge in [-0.15, -0.1) is 0 Å². The highest BCUT2D eigenvalue weighted by Gasteiger charge is 2.13. The molecule has 3 N–H and O–H groups in total. The molecule has 2 aromatic carbocycles. The summed E-state index contributed by atoms with van der Waals surface area (Å²) in [5.74, 6) is -0.313. The molecule has 0 aliphatic carbocycles. The van der Waals surface area contributed by atoms with E-state index < -0.39 is 0 Å². The van der Waals surface area contributed by atoms with Gasteiger partial charge < -0.3 is 11.1 Å². The molecule has 0 spiro atoms. The quantitative estimate of drug-likeness (QED) is 0.789. The summed E-state index contributed by atoms with van der Waals surface area (Å²) in [6, 6.07) is 10.7. The van der Waals surface area contributed by atoms with Crippen molar-refractivity contribution >= 4 is 50.7 Å². The molecule has 0 unspecified atom stereocenters. The Hall–Kier alpha value is -1.23. The normalized spacial score (nSPS) is 10.3. The highest BCUT2D eigenvalue weighted by atomic mass is 79.9. The molecule has 1 amide bonds. The van der Waals surface area contributed by atoms with Crippen molar-refractivity contribution in [2.45, 2.75) is 6.54 Å². The third-order valence-corrected chi connectivity index (χ3v) is 3.99. The second kappa shape index (κ2) is 6.48. The van der Waals surface area contributed by atoms with Crippen molar-refractivity contribution in [3.8, 4) is 0 Å². The summed E-state index contributed by atoms with van der Waals surface area (Å²) in [5, 5.41) is 3.24. The maximum absolute atomic E-state index is 12.1. The SMILES string of the molecule is Nc1cc(Cl)c(Cl)c(C(=O)NCc2ccc(Br)cc2)c1. The number of benzene rings is 2. The first-order valence-electron chi connectivity index (χ1n) is 5.74. The lowest BCUT2D eigenvalue weighted by Gasteiger charge is -2.09. The van der Waals surface area contributed by atoms with Crippen LogP contribution in [0.2, 0.25) is 10.0 Å². The molecular weight excluding hydrogens is 363 g/mol. The summed E-state index contributed by atoms with van der Waals surface area (Å²) in [7, 11) is 0. The van der Waals surface area contributed by atoms with Crippen LogP contribution in [-0.4, -0.2) is 5.91 Å². The maximum Gasteiger partial charge on any atom is 0.253 e. The summed E-state index contributed by atoms with van der Waals surface area (Å²) in [5.41, 5.74) is 7.31. The Bertz CT molecular complexity index is 644. The number of nitrogens with two attached hydrogens (primary N) is 1. The van der Waals surface area contributed by atoms with E-state index in [0.717, 1.165) is 10.0 Å². The van der Waals surface area contributed by atoms with Crippen LogP contribution >= 0.6 is 39.1 Å². The number of carbonyl (C=O) groups is 1. The molecule has 6 heteroatoms. The number of anilines is 1. The number of hydrogen-bond acceptors (Lipinski definition) is 2. The molecular formula is C14H11BrCl2N2O. The van der Waals surface area contributed by atoms with Crippen molar-refractivity contribution in [3.63, 3.8) is 0 Å². The van der Waals surface area contributed by atoms with Gasteiger partial charge >= 0.3 is 0 Å². The summed E-state index contributed by atoms with van der Waals surface area (Å²) in [6.45, 7) is 0.398. The van der Waals surface area contributed by atoms with Gasteiger partial charge in [0.05, 0.1) is 15.6 Å². The van der Waals surface area contributed by atoms with E-state index >= 15 is 0 Å². The minimum Gasteiger partial charge on any atom is -0.399 e. The molecule has 0 radical (unpaired) electrons. The summed E-state index contributed by atoms with van der Waals surface area (Å²) < 4.78 is 0.984. The lowest BCUT2D eigenvalue weighted by atomic mass is 10.1. The van der Waals surface area contributed by atoms with E-state index in [1.54, 1.807) is 0 Å². The van der Waals surface area contributed by atoms with Crippen molar-refractivity contribution in [2.24, 2.45) is 0 Å². The number of hydrogen-bond donors (Lipinski definition) is 2. The lowest BCUT2D eigenvalue weighted by molar-refractivity contribution is 0.0951. The van der Waals surface area contributed by atoms with Gasteiger partial charge in [-0.1, -0.05) is 51.3 Å². The standard InChI is InChI=1S/C14H11BrCl2N2O/c15-9-3-1-8(2-4-9)7-19-14(20)11-5-10(18)6-12(16)13(11)17/h1-6H,7,18H2,(H,19,20). The monoisotopic (exact) mass is 372 g/mol. The van der Waals surface area contributed by atoms with Gasteiger partial charge in [0, 0.05) is 16.7 Å². The summed E-state index contributed by atoms with van der Waals surface area (Å²) in [6.07, 6.45) is 0. The molecule has 2 aromatic rings. The average Bonchev–Trinajstić information content (AvgIpc) is 2.42. The smallest absolute Gasteiger partial charge is 0.253 e. The van der Waals surface area contributed by atoms with Crippen molar-refractivity contribution in [1.82, 2.24) is 5.32 Å². The van der Waals surface area contributed by atoms with Gasteiger partial charge in [0.2, 0.25) is 0 Å². The fraction of sp³-hybridized carbons (Fsp3) is 0.0714. The molecule has 0 aliphatic rings. The van der Waals surface area contributed by atoms with Gasteiger partial charge in [0.15, 0.2) is 0 Å². The minimum absolute atomic E-state index is 0.203. The molecule has 104 valence electrons. The Kier molecular flexibility index (Phi) is 4.91. The third-order valence-electron chi connectivity index (χ3n) is 2.66. The second-order valence-electron chi connectivity index (χ2n) is 4.17. The number of nitrogens with one attached hydrogen (secondary N) is 1. The Morgan fingerprint density at radius 2 is 1.85 bits per heavy atom. The summed E-state index contributed by atoms with van der Waals surface area (Å²) >= 11 is 15.3. The molecule has 2 rings (SSSR count). The highest BCUT2D eigenvalue weighted by molar-refractivity contribution is 9.10. The zero-order valence-electron chi connectivity index (χ0n) is 10.3. The van der Waals surface area contributed by atoms with Crippen molar-refractivity contribution in [3.05, 3.63) is 62.0 Å². The Morgan fingerprint density at radius 3 is 2.50 bits per heavy atom. The van der Waals surface area contributed by atoms with Crippen LogP contribution in [0.4, 0.5) is 5.69 Å². The molecule has 0 bridgehead atoms. The van der Waals surface area contributed by atoms with Crippen LogP contribution in [0.1, 0.15) is 15.9 Å². The van der Waals surface area contributed by atoms with E-state index in [1.165, 1.54) is 12.1 Å². The van der Waals surface area contributed by atoms with Crippen molar-refractivity contribution in [1.29, 1.82) is 0 Å². The lowest BCUT2D eigenvalue weighted by Crippen LogP contribution is -2.23. The van der Waals surface area contributed by atoms with Gasteiger partial charge in [0.25, 0.3) is 5.91 Å². The van der Waals surface area contributed by atoms with Crippen LogP contribution in [0, 0.1) is 0 Å². The fourth-order valence-electron chi connectivity index (χ4n) is 1.66. The molecule has 0 aliphatic heterocycles. The Morgan fingerprint density at radius 1 is 1.20 bits per heavy atom. The van der Waals surface area contributed by atoms with E-state index in [-0.39, 0.29) is 21.5 Å². The predicted molar refractivity (Wildman–Crippen MR) is 86.2 cm³/mol. The largest absolute Gasteiger partial charge is 0.399 e. The van der Waals surface area contributed by atoms with Crippen LogP contribution in [-0.2, 0) is 6.54 Å². The van der Waals surface area contributed by atoms with E-state index in [1.807, 2.05) is 24.3 Å². The van der Waals surface area contributed by atoms with Crippen LogP contribution < -0.4 is 11.1 Å². The minimum atomic E-state index is -0.313. The van der Waals surface area contributed by atoms with Gasteiger partial charge in [-0.05, 0) is 29.8 Å². The number of amides is 1. The van der Waals surface area contributed by atoms with Gasteiger partial charge in [-0.3, -0.25) is 4.79 Å². The van der Waals surface area contributed by atoms with E-state index in [9.17, 15) is 4.79 Å². The van der Waals surface area contributed by atoms with Crippen LogP contribution in [0.15, 0.2) is 40.9 Å². The number of rotatable bonds is 3. The molecule has 0 heterocycles. The van der Waals surface area contributed by atoms with Crippen molar-refractivity contribution < 1.29 is 4.79 Å². The highest BCUT2D eigenvalue weighted by Crippen LogP contribution is 2.28. The van der Waals surface area contributed by atoms with Gasteiger partial charge in [-0.2, -0.15) is 0 Å².